The second kappa shape index (κ2) is 6.28. The average Bonchev–Trinajstić information content (AvgIpc) is 2.47. The Morgan fingerprint density at radius 2 is 1.76 bits per heavy atom. The molecule has 0 aromatic heterocycles. The van der Waals surface area contributed by atoms with E-state index >= 15 is 0 Å². The van der Waals surface area contributed by atoms with E-state index in [9.17, 15) is 9.90 Å². The van der Waals surface area contributed by atoms with Gasteiger partial charge in [0.1, 0.15) is 0 Å². The molecule has 0 radical (unpaired) electrons. The van der Waals surface area contributed by atoms with Crippen molar-refractivity contribution in [3.8, 4) is 0 Å². The van der Waals surface area contributed by atoms with E-state index in [1.54, 1.807) is 12.1 Å². The Kier molecular flexibility index (Phi) is 4.45. The minimum atomic E-state index is -1.00. The van der Waals surface area contributed by atoms with Crippen LogP contribution in [-0.2, 0) is 13.2 Å². The van der Waals surface area contributed by atoms with Gasteiger partial charge < -0.3 is 20.8 Å². The van der Waals surface area contributed by atoms with Crippen molar-refractivity contribution >= 4 is 17.3 Å². The van der Waals surface area contributed by atoms with Crippen LogP contribution < -0.4 is 10.6 Å². The summed E-state index contributed by atoms with van der Waals surface area (Å²) in [6, 6.07) is 12.4. The number of hydrogen-bond donors (Lipinski definition) is 3. The largest absolute Gasteiger partial charge is 0.478 e. The average molecular weight is 286 g/mol. The third-order valence-electron chi connectivity index (χ3n) is 3.29. The first-order valence-electron chi connectivity index (χ1n) is 6.54. The van der Waals surface area contributed by atoms with E-state index in [-0.39, 0.29) is 12.2 Å². The molecular weight excluding hydrogens is 268 g/mol. The molecule has 2 aromatic rings. The Hall–Kier alpha value is -2.53. The summed E-state index contributed by atoms with van der Waals surface area (Å²) in [5, 5.41) is 18.3. The van der Waals surface area contributed by atoms with Gasteiger partial charge >= 0.3 is 5.97 Å². The predicted octanol–water partition coefficient (Wildman–Crippen LogP) is 2.10. The van der Waals surface area contributed by atoms with E-state index in [2.05, 4.69) is 0 Å². The fourth-order valence-corrected chi connectivity index (χ4v) is 2.17. The van der Waals surface area contributed by atoms with Gasteiger partial charge in [0.2, 0.25) is 0 Å². The first-order valence-corrected chi connectivity index (χ1v) is 6.54. The quantitative estimate of drug-likeness (QED) is 0.733. The summed E-state index contributed by atoms with van der Waals surface area (Å²) in [4.78, 5) is 13.2. The Balaban J connectivity index is 2.23. The van der Waals surface area contributed by atoms with Gasteiger partial charge in [-0.2, -0.15) is 0 Å². The van der Waals surface area contributed by atoms with E-state index < -0.39 is 5.97 Å². The zero-order valence-corrected chi connectivity index (χ0v) is 11.8. The van der Waals surface area contributed by atoms with E-state index in [0.717, 1.165) is 11.1 Å². The number of carbonyl (C=O) groups is 1. The zero-order valence-electron chi connectivity index (χ0n) is 11.8. The van der Waals surface area contributed by atoms with Gasteiger partial charge in [-0.05, 0) is 29.3 Å². The molecular formula is C16H18N2O3. The van der Waals surface area contributed by atoms with E-state index in [4.69, 9.17) is 10.8 Å². The third-order valence-corrected chi connectivity index (χ3v) is 3.29. The highest BCUT2D eigenvalue weighted by Crippen LogP contribution is 2.24. The number of nitrogens with two attached hydrogens (primary N) is 1. The van der Waals surface area contributed by atoms with Crippen LogP contribution in [0.1, 0.15) is 21.5 Å². The third kappa shape index (κ3) is 3.52. The molecule has 0 aliphatic rings. The fraction of sp³-hybridized carbons (Fsp3) is 0.188. The molecule has 21 heavy (non-hydrogen) atoms. The van der Waals surface area contributed by atoms with Gasteiger partial charge in [0.15, 0.2) is 0 Å². The van der Waals surface area contributed by atoms with Crippen LogP contribution in [0.15, 0.2) is 42.5 Å². The Bertz CT molecular complexity index is 638. The van der Waals surface area contributed by atoms with Crippen molar-refractivity contribution in [3.05, 3.63) is 59.2 Å². The summed E-state index contributed by atoms with van der Waals surface area (Å²) >= 11 is 0. The van der Waals surface area contributed by atoms with Crippen LogP contribution in [0.2, 0.25) is 0 Å². The number of carboxylic acids is 1. The number of aliphatic hydroxyl groups is 1. The number of carboxylic acid groups (broad SMARTS) is 1. The lowest BCUT2D eigenvalue weighted by molar-refractivity contribution is 0.0697. The number of hydrogen-bond acceptors (Lipinski definition) is 4. The first-order chi connectivity index (χ1) is 10.0. The van der Waals surface area contributed by atoms with Crippen LogP contribution in [0.5, 0.6) is 0 Å². The number of aromatic carboxylic acids is 1. The van der Waals surface area contributed by atoms with Crippen molar-refractivity contribution in [2.24, 2.45) is 0 Å². The lowest BCUT2D eigenvalue weighted by atomic mass is 10.1. The van der Waals surface area contributed by atoms with E-state index in [1.165, 1.54) is 6.07 Å². The van der Waals surface area contributed by atoms with Gasteiger partial charge in [-0.25, -0.2) is 4.79 Å². The molecule has 0 fully saturated rings. The fourth-order valence-electron chi connectivity index (χ4n) is 2.17. The normalized spacial score (nSPS) is 10.4. The van der Waals surface area contributed by atoms with Gasteiger partial charge in [-0.3, -0.25) is 0 Å². The lowest BCUT2D eigenvalue weighted by Gasteiger charge is -2.21. The highest BCUT2D eigenvalue weighted by atomic mass is 16.4. The molecule has 0 saturated heterocycles. The Labute approximate surface area is 123 Å². The predicted molar refractivity (Wildman–Crippen MR) is 82.3 cm³/mol. The van der Waals surface area contributed by atoms with E-state index in [0.29, 0.717) is 17.9 Å². The van der Waals surface area contributed by atoms with E-state index in [1.807, 2.05) is 36.2 Å². The van der Waals surface area contributed by atoms with Crippen molar-refractivity contribution in [2.45, 2.75) is 13.2 Å². The number of nitrogens with zero attached hydrogens (tertiary/aromatic N) is 1. The topological polar surface area (TPSA) is 86.8 Å². The monoisotopic (exact) mass is 286 g/mol. The van der Waals surface area contributed by atoms with Crippen molar-refractivity contribution in [2.75, 3.05) is 17.7 Å². The molecule has 5 nitrogen and oxygen atoms in total. The van der Waals surface area contributed by atoms with Gasteiger partial charge in [0, 0.05) is 19.3 Å². The molecule has 0 aliphatic carbocycles. The Morgan fingerprint density at radius 3 is 2.33 bits per heavy atom. The summed E-state index contributed by atoms with van der Waals surface area (Å²) in [5.41, 5.74) is 8.75. The number of nitrogen functional groups attached to an aromatic ring is 1. The number of rotatable bonds is 5. The molecule has 110 valence electrons. The van der Waals surface area contributed by atoms with Crippen LogP contribution in [0, 0.1) is 0 Å². The summed E-state index contributed by atoms with van der Waals surface area (Å²) in [7, 11) is 1.83. The Morgan fingerprint density at radius 1 is 1.14 bits per heavy atom. The van der Waals surface area contributed by atoms with Crippen LogP contribution in [0.3, 0.4) is 0 Å². The van der Waals surface area contributed by atoms with Crippen molar-refractivity contribution in [1.29, 1.82) is 0 Å². The summed E-state index contributed by atoms with van der Waals surface area (Å²) < 4.78 is 0. The van der Waals surface area contributed by atoms with Crippen LogP contribution in [-0.4, -0.2) is 23.2 Å². The molecule has 5 heteroatoms. The molecule has 4 N–H and O–H groups in total. The first kappa shape index (κ1) is 14.9. The maximum absolute atomic E-state index is 11.3. The van der Waals surface area contributed by atoms with Crippen molar-refractivity contribution in [3.63, 3.8) is 0 Å². The molecule has 0 heterocycles. The van der Waals surface area contributed by atoms with Crippen molar-refractivity contribution in [1.82, 2.24) is 0 Å². The maximum Gasteiger partial charge on any atom is 0.337 e. The summed E-state index contributed by atoms with van der Waals surface area (Å²) in [5.74, 6) is -1.00. The molecule has 0 amide bonds. The standard InChI is InChI=1S/C16H18N2O3/c1-18(9-11-2-4-12(10-19)5-3-11)15-7-6-13(17)8-14(15)16(20)21/h2-8,19H,9-10,17H2,1H3,(H,20,21). The second-order valence-electron chi connectivity index (χ2n) is 4.91. The minimum Gasteiger partial charge on any atom is -0.478 e. The van der Waals surface area contributed by atoms with Crippen molar-refractivity contribution < 1.29 is 15.0 Å². The summed E-state index contributed by atoms with van der Waals surface area (Å²) in [6.07, 6.45) is 0. The molecule has 0 spiro atoms. The molecule has 0 aliphatic heterocycles. The smallest absolute Gasteiger partial charge is 0.337 e. The van der Waals surface area contributed by atoms with Crippen LogP contribution >= 0.6 is 0 Å². The molecule has 0 unspecified atom stereocenters. The molecule has 2 aromatic carbocycles. The number of benzene rings is 2. The molecule has 2 rings (SSSR count). The lowest BCUT2D eigenvalue weighted by Crippen LogP contribution is -2.19. The molecule has 0 bridgehead atoms. The second-order valence-corrected chi connectivity index (χ2v) is 4.91. The minimum absolute atomic E-state index is 0.0112. The van der Waals surface area contributed by atoms with Gasteiger partial charge in [-0.1, -0.05) is 24.3 Å². The zero-order chi connectivity index (χ0) is 15.4. The number of aliphatic hydroxyl groups excluding tert-OH is 1. The van der Waals surface area contributed by atoms with Crippen LogP contribution in [0.4, 0.5) is 11.4 Å². The number of anilines is 2. The summed E-state index contributed by atoms with van der Waals surface area (Å²) in [6.45, 7) is 0.577. The molecule has 0 saturated carbocycles. The SMILES string of the molecule is CN(Cc1ccc(CO)cc1)c1ccc(N)cc1C(=O)O. The maximum atomic E-state index is 11.3. The van der Waals surface area contributed by atoms with Gasteiger partial charge in [0.05, 0.1) is 17.9 Å². The van der Waals surface area contributed by atoms with Gasteiger partial charge in [0.25, 0.3) is 0 Å². The molecule has 0 atom stereocenters. The highest BCUT2D eigenvalue weighted by molar-refractivity contribution is 5.95. The van der Waals surface area contributed by atoms with Crippen LogP contribution in [0.25, 0.3) is 0 Å². The highest BCUT2D eigenvalue weighted by Gasteiger charge is 2.14. The van der Waals surface area contributed by atoms with Gasteiger partial charge in [-0.15, -0.1) is 0 Å².